The highest BCUT2D eigenvalue weighted by Crippen LogP contribution is 2.23. The Labute approximate surface area is 178 Å². The van der Waals surface area contributed by atoms with Gasteiger partial charge in [-0.2, -0.15) is 5.10 Å². The van der Waals surface area contributed by atoms with Crippen LogP contribution in [0.1, 0.15) is 24.5 Å². The number of aromatic nitrogens is 3. The summed E-state index contributed by atoms with van der Waals surface area (Å²) in [7, 11) is 0. The molecule has 0 radical (unpaired) electrons. The summed E-state index contributed by atoms with van der Waals surface area (Å²) in [5.74, 6) is 0.621. The third-order valence-electron chi connectivity index (χ3n) is 5.41. The fourth-order valence-corrected chi connectivity index (χ4v) is 3.92. The smallest absolute Gasteiger partial charge is 0.244 e. The van der Waals surface area contributed by atoms with Gasteiger partial charge in [0.2, 0.25) is 5.91 Å². The SMILES string of the molecule is Cl.Cl.O=C(Cn1nccc1C1CCCNC1)N1CCN(c2ccncc2)CC1. The van der Waals surface area contributed by atoms with E-state index in [4.69, 9.17) is 0 Å². The summed E-state index contributed by atoms with van der Waals surface area (Å²) in [5.41, 5.74) is 2.35. The maximum atomic E-state index is 12.8. The minimum absolute atomic E-state index is 0. The van der Waals surface area contributed by atoms with Crippen molar-refractivity contribution in [2.24, 2.45) is 0 Å². The Morgan fingerprint density at radius 2 is 1.82 bits per heavy atom. The molecular formula is C19H28Cl2N6O. The number of piperidine rings is 1. The fourth-order valence-electron chi connectivity index (χ4n) is 3.92. The van der Waals surface area contributed by atoms with E-state index in [2.05, 4.69) is 26.4 Å². The first-order valence-corrected chi connectivity index (χ1v) is 9.46. The molecule has 0 bridgehead atoms. The standard InChI is InChI=1S/C19H26N6O.2ClH/c26-19(15-25-18(5-9-22-25)16-2-1-6-21-14-16)24-12-10-23(11-13-24)17-3-7-20-8-4-17;;/h3-5,7-9,16,21H,1-2,6,10-15H2;2*1H. The zero-order chi connectivity index (χ0) is 17.8. The molecule has 2 aromatic rings. The number of hydrogen-bond donors (Lipinski definition) is 1. The molecule has 0 spiro atoms. The van der Waals surface area contributed by atoms with E-state index in [9.17, 15) is 4.79 Å². The van der Waals surface area contributed by atoms with Gasteiger partial charge in [0.05, 0.1) is 0 Å². The third-order valence-corrected chi connectivity index (χ3v) is 5.41. The van der Waals surface area contributed by atoms with Crippen LogP contribution in [0.3, 0.4) is 0 Å². The number of carbonyl (C=O) groups excluding carboxylic acids is 1. The number of nitrogens with one attached hydrogen (secondary N) is 1. The molecule has 1 unspecified atom stereocenters. The molecule has 1 atom stereocenters. The Hall–Kier alpha value is -1.83. The Balaban J connectivity index is 0.00000140. The molecule has 154 valence electrons. The van der Waals surface area contributed by atoms with Gasteiger partial charge in [0.15, 0.2) is 0 Å². The molecule has 7 nitrogen and oxygen atoms in total. The summed E-state index contributed by atoms with van der Waals surface area (Å²) in [6, 6.07) is 6.10. The molecule has 0 aromatic carbocycles. The largest absolute Gasteiger partial charge is 0.368 e. The monoisotopic (exact) mass is 426 g/mol. The first-order valence-electron chi connectivity index (χ1n) is 9.46. The lowest BCUT2D eigenvalue weighted by molar-refractivity contribution is -0.132. The van der Waals surface area contributed by atoms with E-state index >= 15 is 0 Å². The van der Waals surface area contributed by atoms with Crippen molar-refractivity contribution in [2.45, 2.75) is 25.3 Å². The maximum Gasteiger partial charge on any atom is 0.244 e. The summed E-state index contributed by atoms with van der Waals surface area (Å²) in [5, 5.41) is 7.85. The molecule has 2 aliphatic heterocycles. The number of pyridine rings is 1. The van der Waals surface area contributed by atoms with E-state index in [1.807, 2.05) is 40.3 Å². The number of halogens is 2. The average molecular weight is 427 g/mol. The van der Waals surface area contributed by atoms with Crippen LogP contribution < -0.4 is 10.2 Å². The lowest BCUT2D eigenvalue weighted by atomic mass is 9.96. The van der Waals surface area contributed by atoms with Crippen LogP contribution in [-0.2, 0) is 11.3 Å². The average Bonchev–Trinajstić information content (AvgIpc) is 3.17. The zero-order valence-electron chi connectivity index (χ0n) is 15.9. The summed E-state index contributed by atoms with van der Waals surface area (Å²) >= 11 is 0. The fraction of sp³-hybridized carbons (Fsp3) is 0.526. The molecule has 2 saturated heterocycles. The van der Waals surface area contributed by atoms with Gasteiger partial charge in [-0.05, 0) is 37.6 Å². The van der Waals surface area contributed by atoms with Gasteiger partial charge >= 0.3 is 0 Å². The van der Waals surface area contributed by atoms with Crippen molar-refractivity contribution < 1.29 is 4.79 Å². The molecule has 28 heavy (non-hydrogen) atoms. The van der Waals surface area contributed by atoms with Crippen LogP contribution in [0.4, 0.5) is 5.69 Å². The van der Waals surface area contributed by atoms with Crippen LogP contribution in [0, 0.1) is 0 Å². The quantitative estimate of drug-likeness (QED) is 0.808. The van der Waals surface area contributed by atoms with Crippen LogP contribution in [0.15, 0.2) is 36.8 Å². The van der Waals surface area contributed by atoms with Crippen LogP contribution in [-0.4, -0.2) is 64.8 Å². The van der Waals surface area contributed by atoms with Crippen molar-refractivity contribution >= 4 is 36.4 Å². The second-order valence-electron chi connectivity index (χ2n) is 7.03. The molecule has 0 saturated carbocycles. The molecule has 4 heterocycles. The normalized spacial score (nSPS) is 19.5. The first-order chi connectivity index (χ1) is 12.8. The second kappa shape index (κ2) is 10.6. The van der Waals surface area contributed by atoms with E-state index in [0.29, 0.717) is 12.5 Å². The summed E-state index contributed by atoms with van der Waals surface area (Å²) in [6.07, 6.45) is 7.79. The van der Waals surface area contributed by atoms with Gasteiger partial charge in [0, 0.05) is 68.6 Å². The summed E-state index contributed by atoms with van der Waals surface area (Å²) in [4.78, 5) is 21.1. The van der Waals surface area contributed by atoms with Gasteiger partial charge < -0.3 is 15.1 Å². The first kappa shape index (κ1) is 22.5. The molecule has 1 amide bonds. The highest BCUT2D eigenvalue weighted by Gasteiger charge is 2.24. The van der Waals surface area contributed by atoms with E-state index < -0.39 is 0 Å². The molecule has 9 heteroatoms. The highest BCUT2D eigenvalue weighted by atomic mass is 35.5. The van der Waals surface area contributed by atoms with Gasteiger partial charge in [0.1, 0.15) is 6.54 Å². The summed E-state index contributed by atoms with van der Waals surface area (Å²) in [6.45, 7) is 5.62. The minimum atomic E-state index is 0. The molecule has 2 fully saturated rings. The number of carbonyl (C=O) groups is 1. The predicted molar refractivity (Wildman–Crippen MR) is 115 cm³/mol. The number of nitrogens with zero attached hydrogens (tertiary/aromatic N) is 5. The minimum Gasteiger partial charge on any atom is -0.368 e. The highest BCUT2D eigenvalue weighted by molar-refractivity contribution is 5.85. The molecule has 2 aromatic heterocycles. The van der Waals surface area contributed by atoms with Gasteiger partial charge in [-0.1, -0.05) is 0 Å². The number of hydrogen-bond acceptors (Lipinski definition) is 5. The van der Waals surface area contributed by atoms with Crippen molar-refractivity contribution in [1.82, 2.24) is 25.0 Å². The summed E-state index contributed by atoms with van der Waals surface area (Å²) < 4.78 is 1.90. The Morgan fingerprint density at radius 3 is 2.50 bits per heavy atom. The van der Waals surface area contributed by atoms with Crippen LogP contribution in [0.5, 0.6) is 0 Å². The number of piperazine rings is 1. The van der Waals surface area contributed by atoms with Crippen molar-refractivity contribution in [3.05, 3.63) is 42.5 Å². The van der Waals surface area contributed by atoms with E-state index in [-0.39, 0.29) is 30.7 Å². The van der Waals surface area contributed by atoms with Gasteiger partial charge in [-0.15, -0.1) is 24.8 Å². The van der Waals surface area contributed by atoms with Gasteiger partial charge in [-0.3, -0.25) is 14.5 Å². The number of anilines is 1. The Morgan fingerprint density at radius 1 is 1.07 bits per heavy atom. The van der Waals surface area contributed by atoms with Crippen molar-refractivity contribution in [1.29, 1.82) is 0 Å². The van der Waals surface area contributed by atoms with Crippen molar-refractivity contribution in [3.8, 4) is 0 Å². The van der Waals surface area contributed by atoms with E-state index in [1.54, 1.807) is 0 Å². The zero-order valence-corrected chi connectivity index (χ0v) is 17.5. The lowest BCUT2D eigenvalue weighted by Gasteiger charge is -2.36. The Bertz CT molecular complexity index is 727. The lowest BCUT2D eigenvalue weighted by Crippen LogP contribution is -2.49. The van der Waals surface area contributed by atoms with Crippen LogP contribution in [0.25, 0.3) is 0 Å². The van der Waals surface area contributed by atoms with Gasteiger partial charge in [0.25, 0.3) is 0 Å². The third kappa shape index (κ3) is 5.16. The predicted octanol–water partition coefficient (Wildman–Crippen LogP) is 1.94. The van der Waals surface area contributed by atoms with Crippen LogP contribution >= 0.6 is 24.8 Å². The molecule has 2 aliphatic rings. The second-order valence-corrected chi connectivity index (χ2v) is 7.03. The van der Waals surface area contributed by atoms with Crippen molar-refractivity contribution in [2.75, 3.05) is 44.2 Å². The maximum absolute atomic E-state index is 12.8. The van der Waals surface area contributed by atoms with Crippen molar-refractivity contribution in [3.63, 3.8) is 0 Å². The Kier molecular flexibility index (Phi) is 8.54. The molecule has 1 N–H and O–H groups in total. The number of rotatable bonds is 4. The van der Waals surface area contributed by atoms with Crippen LogP contribution in [0.2, 0.25) is 0 Å². The number of amides is 1. The molecule has 0 aliphatic carbocycles. The molecule has 4 rings (SSSR count). The van der Waals surface area contributed by atoms with Gasteiger partial charge in [-0.25, -0.2) is 0 Å². The van der Waals surface area contributed by atoms with E-state index in [1.165, 1.54) is 17.8 Å². The van der Waals surface area contributed by atoms with E-state index in [0.717, 1.165) is 45.7 Å². The topological polar surface area (TPSA) is 66.3 Å². The molecular weight excluding hydrogens is 399 g/mol.